The number of ketones is 1. The van der Waals surface area contributed by atoms with E-state index in [1.807, 2.05) is 49.6 Å². The summed E-state index contributed by atoms with van der Waals surface area (Å²) >= 11 is 1.43. The maximum Gasteiger partial charge on any atom is 0.300 e. The van der Waals surface area contributed by atoms with E-state index in [1.165, 1.54) is 30.5 Å². The van der Waals surface area contributed by atoms with E-state index in [9.17, 15) is 14.7 Å². The van der Waals surface area contributed by atoms with Crippen LogP contribution < -0.4 is 14.4 Å². The van der Waals surface area contributed by atoms with Crippen LogP contribution >= 0.6 is 11.3 Å². The van der Waals surface area contributed by atoms with Gasteiger partial charge in [-0.05, 0) is 66.8 Å². The lowest BCUT2D eigenvalue weighted by Crippen LogP contribution is -2.29. The Bertz CT molecular complexity index is 1210. The standard InChI is InChI=1S/C25H23NO5S/c1-14-10-15(2)12-17(11-14)26-22(20-6-5-9-32-20)21(24(28)25(26)29)23(27)16-7-8-18(30-3)19(13-16)31-4/h5-13,22,27H,1-4H3/b23-21-. The van der Waals surface area contributed by atoms with Crippen molar-refractivity contribution in [3.8, 4) is 11.5 Å². The molecule has 1 fully saturated rings. The fourth-order valence-corrected chi connectivity index (χ4v) is 4.87. The van der Waals surface area contributed by atoms with E-state index in [-0.39, 0.29) is 11.3 Å². The minimum absolute atomic E-state index is 0.0452. The van der Waals surface area contributed by atoms with Gasteiger partial charge < -0.3 is 14.6 Å². The van der Waals surface area contributed by atoms with Crippen LogP contribution in [0.15, 0.2) is 59.5 Å². The van der Waals surface area contributed by atoms with E-state index < -0.39 is 17.7 Å². The van der Waals surface area contributed by atoms with Crippen LogP contribution in [0.3, 0.4) is 0 Å². The van der Waals surface area contributed by atoms with Gasteiger partial charge in [0.2, 0.25) is 0 Å². The Kier molecular flexibility index (Phi) is 5.76. The molecule has 4 rings (SSSR count). The fraction of sp³-hybridized carbons (Fsp3) is 0.200. The van der Waals surface area contributed by atoms with Gasteiger partial charge in [0.15, 0.2) is 11.5 Å². The van der Waals surface area contributed by atoms with E-state index in [0.29, 0.717) is 22.7 Å². The van der Waals surface area contributed by atoms with Crippen molar-refractivity contribution in [2.75, 3.05) is 19.1 Å². The molecule has 1 aromatic heterocycles. The largest absolute Gasteiger partial charge is 0.507 e. The number of aryl methyl sites for hydroxylation is 2. The van der Waals surface area contributed by atoms with E-state index >= 15 is 0 Å². The number of anilines is 1. The van der Waals surface area contributed by atoms with Gasteiger partial charge in [-0.2, -0.15) is 0 Å². The summed E-state index contributed by atoms with van der Waals surface area (Å²) in [5.74, 6) is -0.748. The van der Waals surface area contributed by atoms with E-state index in [1.54, 1.807) is 18.2 Å². The molecule has 0 radical (unpaired) electrons. The Labute approximate surface area is 190 Å². The fourth-order valence-electron chi connectivity index (χ4n) is 4.04. The van der Waals surface area contributed by atoms with Crippen LogP contribution in [-0.4, -0.2) is 31.0 Å². The molecule has 2 heterocycles. The summed E-state index contributed by atoms with van der Waals surface area (Å²) in [6, 6.07) is 13.6. The number of ether oxygens (including phenoxy) is 2. The number of carbonyl (C=O) groups is 2. The second-order valence-electron chi connectivity index (χ2n) is 7.60. The topological polar surface area (TPSA) is 76.1 Å². The molecule has 0 saturated carbocycles. The van der Waals surface area contributed by atoms with Crippen LogP contribution in [0.25, 0.3) is 5.76 Å². The van der Waals surface area contributed by atoms with Gasteiger partial charge in [0, 0.05) is 16.1 Å². The molecule has 1 atom stereocenters. The molecule has 2 aromatic carbocycles. The molecular formula is C25H23NO5S. The molecule has 0 bridgehead atoms. The average molecular weight is 450 g/mol. The summed E-state index contributed by atoms with van der Waals surface area (Å²) in [7, 11) is 3.01. The van der Waals surface area contributed by atoms with Gasteiger partial charge in [-0.15, -0.1) is 11.3 Å². The Morgan fingerprint density at radius 2 is 1.66 bits per heavy atom. The molecule has 6 nitrogen and oxygen atoms in total. The number of rotatable bonds is 5. The third kappa shape index (κ3) is 3.65. The maximum absolute atomic E-state index is 13.2. The minimum atomic E-state index is -0.732. The van der Waals surface area contributed by atoms with Crippen molar-refractivity contribution in [1.82, 2.24) is 0 Å². The Morgan fingerprint density at radius 1 is 0.969 bits per heavy atom. The summed E-state index contributed by atoms with van der Waals surface area (Å²) in [5, 5.41) is 13.1. The molecule has 32 heavy (non-hydrogen) atoms. The zero-order chi connectivity index (χ0) is 23.0. The first kappa shape index (κ1) is 21.6. The molecular weight excluding hydrogens is 426 g/mol. The number of methoxy groups -OCH3 is 2. The van der Waals surface area contributed by atoms with E-state index in [4.69, 9.17) is 9.47 Å². The van der Waals surface area contributed by atoms with Crippen LogP contribution in [0.1, 0.15) is 27.6 Å². The van der Waals surface area contributed by atoms with Crippen LogP contribution in [0.2, 0.25) is 0 Å². The number of hydrogen-bond donors (Lipinski definition) is 1. The van der Waals surface area contributed by atoms with Crippen LogP contribution in [0, 0.1) is 13.8 Å². The number of Topliss-reactive ketones (excluding diaryl/α,β-unsaturated/α-hetero) is 1. The number of aliphatic hydroxyl groups is 1. The van der Waals surface area contributed by atoms with Crippen molar-refractivity contribution in [3.63, 3.8) is 0 Å². The number of thiophene rings is 1. The van der Waals surface area contributed by atoms with Gasteiger partial charge in [0.1, 0.15) is 11.8 Å². The smallest absolute Gasteiger partial charge is 0.300 e. The minimum Gasteiger partial charge on any atom is -0.507 e. The highest BCUT2D eigenvalue weighted by Crippen LogP contribution is 2.44. The maximum atomic E-state index is 13.2. The number of aliphatic hydroxyl groups excluding tert-OH is 1. The predicted molar refractivity (Wildman–Crippen MR) is 125 cm³/mol. The number of amides is 1. The lowest BCUT2D eigenvalue weighted by atomic mass is 9.99. The second-order valence-corrected chi connectivity index (χ2v) is 8.58. The Hall–Kier alpha value is -3.58. The van der Waals surface area contributed by atoms with Gasteiger partial charge in [0.25, 0.3) is 11.7 Å². The molecule has 1 saturated heterocycles. The number of carbonyl (C=O) groups excluding carboxylic acids is 2. The summed E-state index contributed by atoms with van der Waals surface area (Å²) in [6.45, 7) is 3.88. The monoisotopic (exact) mass is 449 g/mol. The molecule has 1 unspecified atom stereocenters. The van der Waals surface area contributed by atoms with Crippen LogP contribution in [0.5, 0.6) is 11.5 Å². The first-order chi connectivity index (χ1) is 15.3. The van der Waals surface area contributed by atoms with E-state index in [2.05, 4.69) is 0 Å². The summed E-state index contributed by atoms with van der Waals surface area (Å²) < 4.78 is 10.6. The van der Waals surface area contributed by atoms with Gasteiger partial charge in [-0.3, -0.25) is 14.5 Å². The zero-order valence-corrected chi connectivity index (χ0v) is 19.0. The highest BCUT2D eigenvalue weighted by molar-refractivity contribution is 7.10. The van der Waals surface area contributed by atoms with Crippen molar-refractivity contribution < 1.29 is 24.2 Å². The van der Waals surface area contributed by atoms with Gasteiger partial charge in [-0.1, -0.05) is 12.1 Å². The Morgan fingerprint density at radius 3 is 2.25 bits per heavy atom. The van der Waals surface area contributed by atoms with Crippen molar-refractivity contribution in [2.45, 2.75) is 19.9 Å². The highest BCUT2D eigenvalue weighted by atomic mass is 32.1. The lowest BCUT2D eigenvalue weighted by molar-refractivity contribution is -0.132. The lowest BCUT2D eigenvalue weighted by Gasteiger charge is -2.25. The highest BCUT2D eigenvalue weighted by Gasteiger charge is 2.47. The van der Waals surface area contributed by atoms with Crippen LogP contribution in [-0.2, 0) is 9.59 Å². The predicted octanol–water partition coefficient (Wildman–Crippen LogP) is 5.01. The van der Waals surface area contributed by atoms with Crippen molar-refractivity contribution in [3.05, 3.63) is 81.1 Å². The quantitative estimate of drug-likeness (QED) is 0.337. The third-order valence-corrected chi connectivity index (χ3v) is 6.32. The zero-order valence-electron chi connectivity index (χ0n) is 18.2. The molecule has 164 valence electrons. The first-order valence-corrected chi connectivity index (χ1v) is 10.9. The molecule has 0 aliphatic carbocycles. The number of nitrogens with zero attached hydrogens (tertiary/aromatic N) is 1. The molecule has 1 amide bonds. The van der Waals surface area contributed by atoms with Crippen molar-refractivity contribution in [2.24, 2.45) is 0 Å². The van der Waals surface area contributed by atoms with Crippen LogP contribution in [0.4, 0.5) is 5.69 Å². The summed E-state index contributed by atoms with van der Waals surface area (Å²) in [4.78, 5) is 28.6. The SMILES string of the molecule is COc1ccc(/C(O)=C2/C(=O)C(=O)N(c3cc(C)cc(C)c3)C2c2cccs2)cc1OC. The van der Waals surface area contributed by atoms with E-state index in [0.717, 1.165) is 16.0 Å². The van der Waals surface area contributed by atoms with Gasteiger partial charge in [0.05, 0.1) is 19.8 Å². The molecule has 3 aromatic rings. The Balaban J connectivity index is 1.93. The summed E-state index contributed by atoms with van der Waals surface area (Å²) in [5.41, 5.74) is 2.99. The molecule has 1 aliphatic rings. The molecule has 0 spiro atoms. The first-order valence-electron chi connectivity index (χ1n) is 10.0. The molecule has 1 N–H and O–H groups in total. The molecule has 7 heteroatoms. The second kappa shape index (κ2) is 8.51. The molecule has 1 aliphatic heterocycles. The van der Waals surface area contributed by atoms with Gasteiger partial charge in [-0.25, -0.2) is 0 Å². The third-order valence-electron chi connectivity index (χ3n) is 5.40. The normalized spacial score (nSPS) is 17.6. The van der Waals surface area contributed by atoms with Gasteiger partial charge >= 0.3 is 0 Å². The van der Waals surface area contributed by atoms with Crippen molar-refractivity contribution >= 4 is 34.5 Å². The number of benzene rings is 2. The van der Waals surface area contributed by atoms with Crippen molar-refractivity contribution in [1.29, 1.82) is 0 Å². The summed E-state index contributed by atoms with van der Waals surface area (Å²) in [6.07, 6.45) is 0. The average Bonchev–Trinajstić information content (AvgIpc) is 3.39. The number of hydrogen-bond acceptors (Lipinski definition) is 6.